The summed E-state index contributed by atoms with van der Waals surface area (Å²) in [7, 11) is 0. The number of carboxylic acids is 1. The first-order valence-corrected chi connectivity index (χ1v) is 7.10. The van der Waals surface area contributed by atoms with Gasteiger partial charge in [0.1, 0.15) is 18.3 Å². The molecular formula is C15H18N2O4. The fraction of sp³-hybridized carbons (Fsp3) is 0.467. The lowest BCUT2D eigenvalue weighted by molar-refractivity contribution is -0.139. The van der Waals surface area contributed by atoms with Crippen LogP contribution in [0.1, 0.15) is 11.5 Å². The van der Waals surface area contributed by atoms with Crippen molar-refractivity contribution in [2.75, 3.05) is 39.3 Å². The van der Waals surface area contributed by atoms with Crippen molar-refractivity contribution in [3.8, 4) is 5.75 Å². The Morgan fingerprint density at radius 2 is 1.90 bits per heavy atom. The minimum atomic E-state index is -0.826. The Hall–Kier alpha value is -2.08. The van der Waals surface area contributed by atoms with Gasteiger partial charge in [0.05, 0.1) is 6.54 Å². The van der Waals surface area contributed by atoms with Crippen LogP contribution in [0.2, 0.25) is 0 Å². The van der Waals surface area contributed by atoms with Crippen LogP contribution in [0.25, 0.3) is 0 Å². The van der Waals surface area contributed by atoms with E-state index in [0.717, 1.165) is 11.3 Å². The minimum absolute atomic E-state index is 0.0391. The second kappa shape index (κ2) is 5.73. The highest BCUT2D eigenvalue weighted by molar-refractivity contribution is 5.85. The van der Waals surface area contributed by atoms with Crippen molar-refractivity contribution in [3.05, 3.63) is 29.8 Å². The van der Waals surface area contributed by atoms with Gasteiger partial charge >= 0.3 is 5.97 Å². The van der Waals surface area contributed by atoms with Gasteiger partial charge in [-0.25, -0.2) is 0 Å². The standard InChI is InChI=1S/C15H18N2O4/c18-14(19)9-16-5-7-17(8-6-16)15(20)12-10-21-13-4-2-1-3-11(12)13/h1-4,12H,5-10H2,(H,18,19). The molecule has 1 unspecified atom stereocenters. The minimum Gasteiger partial charge on any atom is -0.492 e. The van der Waals surface area contributed by atoms with Gasteiger partial charge in [-0.05, 0) is 6.07 Å². The van der Waals surface area contributed by atoms with E-state index in [9.17, 15) is 9.59 Å². The summed E-state index contributed by atoms with van der Waals surface area (Å²) in [5.74, 6) is -0.185. The predicted molar refractivity (Wildman–Crippen MR) is 75.3 cm³/mol. The van der Waals surface area contributed by atoms with Gasteiger partial charge < -0.3 is 14.7 Å². The van der Waals surface area contributed by atoms with Crippen molar-refractivity contribution < 1.29 is 19.4 Å². The molecule has 2 aliphatic rings. The lowest BCUT2D eigenvalue weighted by atomic mass is 9.99. The Morgan fingerprint density at radius 3 is 2.62 bits per heavy atom. The lowest BCUT2D eigenvalue weighted by Gasteiger charge is -2.34. The number of benzene rings is 1. The first-order chi connectivity index (χ1) is 10.1. The maximum atomic E-state index is 12.6. The van der Waals surface area contributed by atoms with E-state index in [1.165, 1.54) is 0 Å². The molecule has 1 aromatic carbocycles. The van der Waals surface area contributed by atoms with E-state index in [1.807, 2.05) is 34.1 Å². The van der Waals surface area contributed by atoms with Crippen LogP contribution in [0.5, 0.6) is 5.75 Å². The fourth-order valence-corrected chi connectivity index (χ4v) is 2.91. The summed E-state index contributed by atoms with van der Waals surface area (Å²) >= 11 is 0. The van der Waals surface area contributed by atoms with Crippen LogP contribution in [-0.4, -0.2) is 66.1 Å². The SMILES string of the molecule is O=C(O)CN1CCN(C(=O)C2COc3ccccc32)CC1. The highest BCUT2D eigenvalue weighted by Gasteiger charge is 2.34. The lowest BCUT2D eigenvalue weighted by Crippen LogP contribution is -2.51. The molecule has 112 valence electrons. The quantitative estimate of drug-likeness (QED) is 0.872. The third-order valence-electron chi connectivity index (χ3n) is 4.04. The van der Waals surface area contributed by atoms with Crippen LogP contribution in [-0.2, 0) is 9.59 Å². The molecule has 0 aromatic heterocycles. The number of hydrogen-bond acceptors (Lipinski definition) is 4. The number of para-hydroxylation sites is 1. The Morgan fingerprint density at radius 1 is 1.19 bits per heavy atom. The van der Waals surface area contributed by atoms with Crippen molar-refractivity contribution in [1.29, 1.82) is 0 Å². The number of ether oxygens (including phenoxy) is 1. The smallest absolute Gasteiger partial charge is 0.317 e. The first kappa shape index (κ1) is 13.9. The largest absolute Gasteiger partial charge is 0.492 e. The van der Waals surface area contributed by atoms with E-state index in [0.29, 0.717) is 32.8 Å². The van der Waals surface area contributed by atoms with E-state index in [4.69, 9.17) is 9.84 Å². The molecule has 2 aliphatic heterocycles. The molecule has 6 nitrogen and oxygen atoms in total. The van der Waals surface area contributed by atoms with Crippen molar-refractivity contribution in [1.82, 2.24) is 9.80 Å². The van der Waals surface area contributed by atoms with E-state index in [1.54, 1.807) is 0 Å². The molecule has 6 heteroatoms. The van der Waals surface area contributed by atoms with Crippen LogP contribution in [0.3, 0.4) is 0 Å². The summed E-state index contributed by atoms with van der Waals surface area (Å²) < 4.78 is 5.56. The Bertz CT molecular complexity index is 552. The molecule has 0 radical (unpaired) electrons. The van der Waals surface area contributed by atoms with E-state index < -0.39 is 5.97 Å². The number of rotatable bonds is 3. The summed E-state index contributed by atoms with van der Waals surface area (Å²) in [4.78, 5) is 27.0. The molecule has 0 bridgehead atoms. The average Bonchev–Trinajstić information content (AvgIpc) is 2.90. The molecule has 1 saturated heterocycles. The van der Waals surface area contributed by atoms with Crippen molar-refractivity contribution in [3.63, 3.8) is 0 Å². The molecule has 1 amide bonds. The molecular weight excluding hydrogens is 272 g/mol. The third-order valence-corrected chi connectivity index (χ3v) is 4.04. The van der Waals surface area contributed by atoms with Gasteiger partial charge in [-0.2, -0.15) is 0 Å². The zero-order chi connectivity index (χ0) is 14.8. The number of aliphatic carboxylic acids is 1. The van der Waals surface area contributed by atoms with E-state index >= 15 is 0 Å². The highest BCUT2D eigenvalue weighted by Crippen LogP contribution is 2.34. The molecule has 0 spiro atoms. The second-order valence-electron chi connectivity index (χ2n) is 5.40. The van der Waals surface area contributed by atoms with Crippen LogP contribution in [0.15, 0.2) is 24.3 Å². The number of piperazine rings is 1. The monoisotopic (exact) mass is 290 g/mol. The Kier molecular flexibility index (Phi) is 3.79. The van der Waals surface area contributed by atoms with E-state index in [-0.39, 0.29) is 18.4 Å². The Labute approximate surface area is 122 Å². The topological polar surface area (TPSA) is 70.1 Å². The zero-order valence-corrected chi connectivity index (χ0v) is 11.7. The predicted octanol–water partition coefficient (Wildman–Crippen LogP) is 0.391. The Balaban J connectivity index is 1.62. The van der Waals surface area contributed by atoms with Crippen molar-refractivity contribution in [2.24, 2.45) is 0 Å². The number of fused-ring (bicyclic) bond motifs is 1. The van der Waals surface area contributed by atoms with Crippen molar-refractivity contribution in [2.45, 2.75) is 5.92 Å². The number of amides is 1. The summed E-state index contributed by atoms with van der Waals surface area (Å²) in [6, 6.07) is 7.63. The number of hydrogen-bond donors (Lipinski definition) is 1. The van der Waals surface area contributed by atoms with Crippen LogP contribution >= 0.6 is 0 Å². The molecule has 0 aliphatic carbocycles. The molecule has 1 atom stereocenters. The fourth-order valence-electron chi connectivity index (χ4n) is 2.91. The number of nitrogens with zero attached hydrogens (tertiary/aromatic N) is 2. The van der Waals surface area contributed by atoms with Gasteiger partial charge in [0.25, 0.3) is 0 Å². The number of carbonyl (C=O) groups is 2. The molecule has 3 rings (SSSR count). The summed E-state index contributed by atoms with van der Waals surface area (Å²) in [5.41, 5.74) is 0.954. The molecule has 1 fully saturated rings. The first-order valence-electron chi connectivity index (χ1n) is 7.10. The molecule has 1 N–H and O–H groups in total. The highest BCUT2D eigenvalue weighted by atomic mass is 16.5. The molecule has 0 saturated carbocycles. The summed E-state index contributed by atoms with van der Waals surface area (Å²) in [5, 5.41) is 8.78. The molecule has 21 heavy (non-hydrogen) atoms. The van der Waals surface area contributed by atoms with Gasteiger partial charge in [-0.3, -0.25) is 14.5 Å². The maximum absolute atomic E-state index is 12.6. The molecule has 2 heterocycles. The maximum Gasteiger partial charge on any atom is 0.317 e. The normalized spacial score (nSPS) is 21.7. The summed E-state index contributed by atoms with van der Waals surface area (Å²) in [6.07, 6.45) is 0. The third kappa shape index (κ3) is 2.85. The van der Waals surface area contributed by atoms with Gasteiger partial charge in [-0.15, -0.1) is 0 Å². The molecule has 1 aromatic rings. The average molecular weight is 290 g/mol. The second-order valence-corrected chi connectivity index (χ2v) is 5.40. The number of carbonyl (C=O) groups excluding carboxylic acids is 1. The van der Waals surface area contributed by atoms with Gasteiger partial charge in [0, 0.05) is 31.7 Å². The number of carboxylic acid groups (broad SMARTS) is 1. The zero-order valence-electron chi connectivity index (χ0n) is 11.7. The van der Waals surface area contributed by atoms with Crippen LogP contribution < -0.4 is 4.74 Å². The van der Waals surface area contributed by atoms with Gasteiger partial charge in [-0.1, -0.05) is 18.2 Å². The van der Waals surface area contributed by atoms with Crippen LogP contribution in [0, 0.1) is 0 Å². The van der Waals surface area contributed by atoms with Gasteiger partial charge in [0.2, 0.25) is 5.91 Å². The van der Waals surface area contributed by atoms with Crippen LogP contribution in [0.4, 0.5) is 0 Å². The van der Waals surface area contributed by atoms with E-state index in [2.05, 4.69) is 0 Å². The van der Waals surface area contributed by atoms with Crippen molar-refractivity contribution >= 4 is 11.9 Å². The summed E-state index contributed by atoms with van der Waals surface area (Å²) in [6.45, 7) is 2.79. The van der Waals surface area contributed by atoms with Gasteiger partial charge in [0.15, 0.2) is 0 Å².